The van der Waals surface area contributed by atoms with Crippen molar-refractivity contribution >= 4 is 0 Å². The molecular weight excluding hydrogens is 218 g/mol. The number of aliphatic hydroxyl groups excluding tert-OH is 1. The van der Waals surface area contributed by atoms with Gasteiger partial charge in [-0.25, -0.2) is 0 Å². The third-order valence-corrected chi connectivity index (χ3v) is 2.23. The van der Waals surface area contributed by atoms with E-state index in [0.29, 0.717) is 6.61 Å². The largest absolute Gasteiger partial charge is 0.390 e. The molecule has 5 heteroatoms. The summed E-state index contributed by atoms with van der Waals surface area (Å²) in [4.78, 5) is 2.59. The van der Waals surface area contributed by atoms with Gasteiger partial charge in [0.2, 0.25) is 0 Å². The first-order valence-corrected chi connectivity index (χ1v) is 5.25. The van der Waals surface area contributed by atoms with Crippen LogP contribution < -0.4 is 0 Å². The fourth-order valence-corrected chi connectivity index (χ4v) is 1.33. The normalized spacial score (nSPS) is 13.5. The minimum Gasteiger partial charge on any atom is -0.390 e. The minimum absolute atomic E-state index is 0.0258. The van der Waals surface area contributed by atoms with Crippen molar-refractivity contribution in [3.8, 4) is 0 Å². The lowest BCUT2D eigenvalue weighted by Gasteiger charge is -2.18. The van der Waals surface area contributed by atoms with Crippen molar-refractivity contribution in [2.45, 2.75) is 18.8 Å². The SMILES string of the molecule is C=C[C@@H](OCc1ccccc1)[C@H](O)CN=[N+]=[N-]. The molecule has 0 aliphatic heterocycles. The van der Waals surface area contributed by atoms with Gasteiger partial charge in [-0.15, -0.1) is 6.58 Å². The Morgan fingerprint density at radius 1 is 1.47 bits per heavy atom. The Bertz CT molecular complexity index is 388. The smallest absolute Gasteiger partial charge is 0.102 e. The summed E-state index contributed by atoms with van der Waals surface area (Å²) >= 11 is 0. The first-order valence-electron chi connectivity index (χ1n) is 5.25. The molecule has 90 valence electrons. The van der Waals surface area contributed by atoms with E-state index in [2.05, 4.69) is 16.6 Å². The van der Waals surface area contributed by atoms with Gasteiger partial charge in [-0.3, -0.25) is 0 Å². The lowest BCUT2D eigenvalue weighted by molar-refractivity contribution is -0.0138. The second kappa shape index (κ2) is 7.46. The summed E-state index contributed by atoms with van der Waals surface area (Å²) in [7, 11) is 0. The number of aliphatic hydroxyl groups is 1. The highest BCUT2D eigenvalue weighted by Gasteiger charge is 2.15. The summed E-state index contributed by atoms with van der Waals surface area (Å²) in [5.41, 5.74) is 9.17. The van der Waals surface area contributed by atoms with Crippen molar-refractivity contribution in [1.82, 2.24) is 0 Å². The van der Waals surface area contributed by atoms with E-state index in [1.54, 1.807) is 0 Å². The molecule has 0 spiro atoms. The summed E-state index contributed by atoms with van der Waals surface area (Å²) in [6.07, 6.45) is 0.0911. The van der Waals surface area contributed by atoms with Gasteiger partial charge in [0.05, 0.1) is 19.3 Å². The van der Waals surface area contributed by atoms with Gasteiger partial charge in [0.25, 0.3) is 0 Å². The van der Waals surface area contributed by atoms with Crippen LogP contribution >= 0.6 is 0 Å². The zero-order chi connectivity index (χ0) is 12.5. The molecule has 1 N–H and O–H groups in total. The summed E-state index contributed by atoms with van der Waals surface area (Å²) < 4.78 is 5.48. The molecule has 0 fully saturated rings. The van der Waals surface area contributed by atoms with E-state index < -0.39 is 12.2 Å². The van der Waals surface area contributed by atoms with Crippen LogP contribution in [-0.4, -0.2) is 23.9 Å². The molecule has 2 atom stereocenters. The monoisotopic (exact) mass is 233 g/mol. The van der Waals surface area contributed by atoms with Crippen molar-refractivity contribution in [2.75, 3.05) is 6.54 Å². The Morgan fingerprint density at radius 3 is 2.76 bits per heavy atom. The Labute approximate surface area is 100.0 Å². The Kier molecular flexibility index (Phi) is 5.82. The van der Waals surface area contributed by atoms with Crippen LogP contribution in [0.1, 0.15) is 5.56 Å². The molecule has 0 bridgehead atoms. The lowest BCUT2D eigenvalue weighted by atomic mass is 10.2. The molecule has 0 amide bonds. The maximum Gasteiger partial charge on any atom is 0.102 e. The van der Waals surface area contributed by atoms with Crippen molar-refractivity contribution in [3.63, 3.8) is 0 Å². The maximum atomic E-state index is 9.66. The van der Waals surface area contributed by atoms with E-state index in [0.717, 1.165) is 5.56 Å². The van der Waals surface area contributed by atoms with Crippen LogP contribution in [0.2, 0.25) is 0 Å². The zero-order valence-corrected chi connectivity index (χ0v) is 9.44. The Morgan fingerprint density at radius 2 is 2.18 bits per heavy atom. The number of ether oxygens (including phenoxy) is 1. The summed E-state index contributed by atoms with van der Waals surface area (Å²) in [5, 5.41) is 13.0. The van der Waals surface area contributed by atoms with Crippen LogP contribution in [0.15, 0.2) is 48.1 Å². The Balaban J connectivity index is 2.47. The molecule has 1 rings (SSSR count). The van der Waals surface area contributed by atoms with Gasteiger partial charge in [0.15, 0.2) is 0 Å². The standard InChI is InChI=1S/C12H15N3O2/c1-2-12(11(16)8-14-15-13)17-9-10-6-4-3-5-7-10/h2-7,11-12,16H,1,8-9H2/t11-,12-/m1/s1. The van der Waals surface area contributed by atoms with Crippen LogP contribution in [0.4, 0.5) is 0 Å². The van der Waals surface area contributed by atoms with Crippen LogP contribution in [0.3, 0.4) is 0 Å². The number of hydrogen-bond donors (Lipinski definition) is 1. The van der Waals surface area contributed by atoms with Gasteiger partial charge in [0.1, 0.15) is 6.10 Å². The van der Waals surface area contributed by atoms with E-state index in [4.69, 9.17) is 10.3 Å². The minimum atomic E-state index is -0.868. The van der Waals surface area contributed by atoms with Gasteiger partial charge >= 0.3 is 0 Å². The van der Waals surface area contributed by atoms with E-state index in [-0.39, 0.29) is 6.54 Å². The van der Waals surface area contributed by atoms with Crippen molar-refractivity contribution in [2.24, 2.45) is 5.11 Å². The molecule has 0 unspecified atom stereocenters. The number of benzene rings is 1. The summed E-state index contributed by atoms with van der Waals surface area (Å²) in [5.74, 6) is 0. The molecule has 1 aromatic rings. The Hall–Kier alpha value is -1.81. The van der Waals surface area contributed by atoms with Gasteiger partial charge in [-0.05, 0) is 11.1 Å². The number of azide groups is 1. The molecule has 1 aromatic carbocycles. The predicted molar refractivity (Wildman–Crippen MR) is 65.2 cm³/mol. The average Bonchev–Trinajstić information content (AvgIpc) is 2.38. The average molecular weight is 233 g/mol. The summed E-state index contributed by atoms with van der Waals surface area (Å²) in [6, 6.07) is 9.61. The highest BCUT2D eigenvalue weighted by molar-refractivity contribution is 5.13. The van der Waals surface area contributed by atoms with Gasteiger partial charge in [-0.2, -0.15) is 0 Å². The van der Waals surface area contributed by atoms with Gasteiger partial charge in [-0.1, -0.05) is 41.5 Å². The molecule has 0 aliphatic rings. The van der Waals surface area contributed by atoms with E-state index in [1.165, 1.54) is 6.08 Å². The third-order valence-electron chi connectivity index (χ3n) is 2.23. The van der Waals surface area contributed by atoms with Crippen LogP contribution in [0.5, 0.6) is 0 Å². The second-order valence-electron chi connectivity index (χ2n) is 3.48. The van der Waals surface area contributed by atoms with Crippen molar-refractivity contribution < 1.29 is 9.84 Å². The lowest BCUT2D eigenvalue weighted by Crippen LogP contribution is -2.29. The van der Waals surface area contributed by atoms with Crippen LogP contribution in [-0.2, 0) is 11.3 Å². The molecule has 17 heavy (non-hydrogen) atoms. The van der Waals surface area contributed by atoms with Crippen molar-refractivity contribution in [1.29, 1.82) is 0 Å². The molecule has 0 radical (unpaired) electrons. The molecular formula is C12H15N3O2. The van der Waals surface area contributed by atoms with Gasteiger partial charge in [0, 0.05) is 4.91 Å². The number of rotatable bonds is 7. The van der Waals surface area contributed by atoms with Crippen LogP contribution in [0.25, 0.3) is 10.4 Å². The quantitative estimate of drug-likeness (QED) is 0.340. The second-order valence-corrected chi connectivity index (χ2v) is 3.48. The third kappa shape index (κ3) is 4.70. The van der Waals surface area contributed by atoms with Gasteiger partial charge < -0.3 is 9.84 Å². The maximum absolute atomic E-state index is 9.66. The number of hydrogen-bond acceptors (Lipinski definition) is 3. The molecule has 0 saturated heterocycles. The van der Waals surface area contributed by atoms with E-state index >= 15 is 0 Å². The molecule has 0 aromatic heterocycles. The molecule has 0 saturated carbocycles. The summed E-state index contributed by atoms with van der Waals surface area (Å²) in [6.45, 7) is 3.94. The molecule has 0 aliphatic carbocycles. The van der Waals surface area contributed by atoms with Crippen LogP contribution in [0, 0.1) is 0 Å². The topological polar surface area (TPSA) is 78.2 Å². The predicted octanol–water partition coefficient (Wildman–Crippen LogP) is 2.43. The fraction of sp³-hybridized carbons (Fsp3) is 0.333. The van der Waals surface area contributed by atoms with Crippen molar-refractivity contribution in [3.05, 3.63) is 59.0 Å². The number of nitrogens with zero attached hydrogens (tertiary/aromatic N) is 3. The zero-order valence-electron chi connectivity index (χ0n) is 9.44. The highest BCUT2D eigenvalue weighted by atomic mass is 16.5. The fourth-order valence-electron chi connectivity index (χ4n) is 1.33. The van der Waals surface area contributed by atoms with E-state index in [1.807, 2.05) is 30.3 Å². The first kappa shape index (κ1) is 13.3. The first-order chi connectivity index (χ1) is 8.27. The van der Waals surface area contributed by atoms with E-state index in [9.17, 15) is 5.11 Å². The highest BCUT2D eigenvalue weighted by Crippen LogP contribution is 2.07. The molecule has 0 heterocycles. The molecule has 5 nitrogen and oxygen atoms in total.